The van der Waals surface area contributed by atoms with Crippen molar-refractivity contribution in [2.75, 3.05) is 0 Å². The Labute approximate surface area is 163 Å². The maximum absolute atomic E-state index is 5.95. The molecule has 3 aromatic carbocycles. The van der Waals surface area contributed by atoms with E-state index in [1.165, 1.54) is 0 Å². The van der Waals surface area contributed by atoms with Gasteiger partial charge in [0.05, 0.1) is 11.0 Å². The summed E-state index contributed by atoms with van der Waals surface area (Å²) < 4.78 is 6.95. The summed E-state index contributed by atoms with van der Waals surface area (Å²) in [6, 6.07) is 23.6. The van der Waals surface area contributed by atoms with E-state index in [4.69, 9.17) is 9.40 Å². The number of rotatable bonds is 3. The fourth-order valence-corrected chi connectivity index (χ4v) is 3.26. The lowest BCUT2D eigenvalue weighted by molar-refractivity contribution is 0.584. The molecule has 130 valence electrons. The molecule has 2 aromatic heterocycles. The van der Waals surface area contributed by atoms with Crippen molar-refractivity contribution >= 4 is 27.0 Å². The third-order valence-corrected chi connectivity index (χ3v) is 4.85. The number of nitrogens with one attached hydrogen (secondary N) is 1. The molecule has 2 heterocycles. The van der Waals surface area contributed by atoms with E-state index in [-0.39, 0.29) is 0 Å². The number of halogens is 1. The van der Waals surface area contributed by atoms with Crippen LogP contribution in [0, 0.1) is 0 Å². The molecule has 27 heavy (non-hydrogen) atoms. The van der Waals surface area contributed by atoms with Crippen molar-refractivity contribution < 1.29 is 4.42 Å². The molecule has 0 bridgehead atoms. The van der Waals surface area contributed by atoms with Crippen LogP contribution in [0.25, 0.3) is 45.3 Å². The number of fused-ring (bicyclic) bond motifs is 1. The van der Waals surface area contributed by atoms with Gasteiger partial charge in [0.2, 0.25) is 11.8 Å². The first kappa shape index (κ1) is 16.0. The van der Waals surface area contributed by atoms with Gasteiger partial charge < -0.3 is 9.40 Å². The summed E-state index contributed by atoms with van der Waals surface area (Å²) >= 11 is 3.43. The predicted octanol–water partition coefficient (Wildman–Crippen LogP) is 5.71. The molecule has 1 N–H and O–H groups in total. The highest BCUT2D eigenvalue weighted by Crippen LogP contribution is 2.32. The largest absolute Gasteiger partial charge is 0.416 e. The molecule has 0 amide bonds. The van der Waals surface area contributed by atoms with Crippen molar-refractivity contribution in [2.45, 2.75) is 0 Å². The van der Waals surface area contributed by atoms with E-state index in [0.717, 1.165) is 38.0 Å². The number of hydrogen-bond donors (Lipinski definition) is 1. The Kier molecular flexibility index (Phi) is 3.83. The van der Waals surface area contributed by atoms with Gasteiger partial charge in [-0.3, -0.25) is 0 Å². The lowest BCUT2D eigenvalue weighted by Crippen LogP contribution is -1.87. The summed E-state index contributed by atoms with van der Waals surface area (Å²) in [5, 5.41) is 8.46. The van der Waals surface area contributed by atoms with Crippen LogP contribution in [0.15, 0.2) is 81.7 Å². The molecule has 0 fully saturated rings. The number of aromatic amines is 1. The molecule has 0 aliphatic rings. The van der Waals surface area contributed by atoms with Gasteiger partial charge in [0.15, 0.2) is 0 Å². The first-order valence-corrected chi connectivity index (χ1v) is 9.21. The molecule has 5 nitrogen and oxygen atoms in total. The van der Waals surface area contributed by atoms with Crippen LogP contribution in [0.1, 0.15) is 0 Å². The molecular weight excluding hydrogens is 404 g/mol. The van der Waals surface area contributed by atoms with E-state index in [9.17, 15) is 0 Å². The van der Waals surface area contributed by atoms with Gasteiger partial charge in [-0.15, -0.1) is 10.2 Å². The quantitative estimate of drug-likeness (QED) is 0.408. The van der Waals surface area contributed by atoms with E-state index < -0.39 is 0 Å². The number of H-pyrrole nitrogens is 1. The van der Waals surface area contributed by atoms with E-state index >= 15 is 0 Å². The normalized spacial score (nSPS) is 11.1. The zero-order valence-corrected chi connectivity index (χ0v) is 15.6. The van der Waals surface area contributed by atoms with Gasteiger partial charge in [-0.1, -0.05) is 46.3 Å². The second-order valence-corrected chi connectivity index (χ2v) is 6.98. The van der Waals surface area contributed by atoms with Crippen LogP contribution in [-0.2, 0) is 0 Å². The molecule has 0 saturated carbocycles. The maximum Gasteiger partial charge on any atom is 0.248 e. The highest BCUT2D eigenvalue weighted by atomic mass is 79.9. The van der Waals surface area contributed by atoms with E-state index in [0.29, 0.717) is 11.8 Å². The lowest BCUT2D eigenvalue weighted by atomic mass is 10.1. The van der Waals surface area contributed by atoms with Crippen molar-refractivity contribution in [1.29, 1.82) is 0 Å². The number of para-hydroxylation sites is 2. The Morgan fingerprint density at radius 1 is 0.741 bits per heavy atom. The molecule has 5 aromatic rings. The maximum atomic E-state index is 5.95. The van der Waals surface area contributed by atoms with Crippen LogP contribution in [0.2, 0.25) is 0 Å². The molecule has 0 aliphatic carbocycles. The molecule has 0 aliphatic heterocycles. The van der Waals surface area contributed by atoms with Crippen molar-refractivity contribution in [3.8, 4) is 34.3 Å². The Balaban J connectivity index is 1.59. The lowest BCUT2D eigenvalue weighted by Gasteiger charge is -2.02. The van der Waals surface area contributed by atoms with Crippen LogP contribution >= 0.6 is 15.9 Å². The number of imidazole rings is 1. The second-order valence-electron chi connectivity index (χ2n) is 6.07. The zero-order chi connectivity index (χ0) is 18.2. The smallest absolute Gasteiger partial charge is 0.248 e. The molecule has 0 spiro atoms. The van der Waals surface area contributed by atoms with Gasteiger partial charge >= 0.3 is 0 Å². The summed E-state index contributed by atoms with van der Waals surface area (Å²) in [6.07, 6.45) is 0. The molecule has 6 heteroatoms. The Hall–Kier alpha value is -3.25. The van der Waals surface area contributed by atoms with E-state index in [2.05, 4.69) is 31.1 Å². The third-order valence-electron chi connectivity index (χ3n) is 4.32. The fraction of sp³-hybridized carbons (Fsp3) is 0. The molecule has 0 atom stereocenters. The van der Waals surface area contributed by atoms with Gasteiger partial charge in [0.1, 0.15) is 5.82 Å². The molecule has 0 radical (unpaired) electrons. The molecular formula is C21H13BrN4O. The van der Waals surface area contributed by atoms with Gasteiger partial charge in [-0.25, -0.2) is 4.98 Å². The first-order valence-electron chi connectivity index (χ1n) is 8.42. The molecule has 0 unspecified atom stereocenters. The van der Waals surface area contributed by atoms with Crippen LogP contribution in [0.4, 0.5) is 0 Å². The Bertz CT molecular complexity index is 1210. The summed E-state index contributed by atoms with van der Waals surface area (Å²) in [4.78, 5) is 8.05. The monoisotopic (exact) mass is 416 g/mol. The minimum absolute atomic E-state index is 0.462. The average Bonchev–Trinajstić information content (AvgIpc) is 3.36. The van der Waals surface area contributed by atoms with E-state index in [1.54, 1.807) is 0 Å². The third kappa shape index (κ3) is 2.94. The Morgan fingerprint density at radius 3 is 2.26 bits per heavy atom. The van der Waals surface area contributed by atoms with E-state index in [1.807, 2.05) is 72.8 Å². The van der Waals surface area contributed by atoms with Crippen molar-refractivity contribution in [3.63, 3.8) is 0 Å². The highest BCUT2D eigenvalue weighted by molar-refractivity contribution is 9.10. The standard InChI is InChI=1S/C21H13BrN4O/c22-14-11-9-13(10-12-14)20-25-26-21(27-20)16-6-2-1-5-15(16)19-23-17-7-3-4-8-18(17)24-19/h1-12H,(H,23,24). The second kappa shape index (κ2) is 6.48. The first-order chi connectivity index (χ1) is 13.3. The zero-order valence-electron chi connectivity index (χ0n) is 14.1. The minimum atomic E-state index is 0.462. The number of nitrogens with zero attached hydrogens (tertiary/aromatic N) is 3. The highest BCUT2D eigenvalue weighted by Gasteiger charge is 2.16. The van der Waals surface area contributed by atoms with Crippen LogP contribution in [0.5, 0.6) is 0 Å². The summed E-state index contributed by atoms with van der Waals surface area (Å²) in [6.45, 7) is 0. The minimum Gasteiger partial charge on any atom is -0.416 e. The van der Waals surface area contributed by atoms with Crippen molar-refractivity contribution in [3.05, 3.63) is 77.3 Å². The fourth-order valence-electron chi connectivity index (χ4n) is 3.00. The van der Waals surface area contributed by atoms with Gasteiger partial charge in [0, 0.05) is 21.2 Å². The summed E-state index contributed by atoms with van der Waals surface area (Å²) in [5.41, 5.74) is 4.54. The van der Waals surface area contributed by atoms with Crippen LogP contribution in [0.3, 0.4) is 0 Å². The number of aromatic nitrogens is 4. The Morgan fingerprint density at radius 2 is 1.44 bits per heavy atom. The SMILES string of the molecule is Brc1ccc(-c2nnc(-c3ccccc3-c3nc4ccccc4[nH]3)o2)cc1. The predicted molar refractivity (Wildman–Crippen MR) is 108 cm³/mol. The number of benzene rings is 3. The van der Waals surface area contributed by atoms with Gasteiger partial charge in [0.25, 0.3) is 0 Å². The summed E-state index contributed by atoms with van der Waals surface area (Å²) in [5.74, 6) is 1.72. The molecule has 5 rings (SSSR count). The van der Waals surface area contributed by atoms with Crippen LogP contribution < -0.4 is 0 Å². The van der Waals surface area contributed by atoms with Crippen molar-refractivity contribution in [2.24, 2.45) is 0 Å². The molecule has 0 saturated heterocycles. The topological polar surface area (TPSA) is 67.6 Å². The van der Waals surface area contributed by atoms with Crippen molar-refractivity contribution in [1.82, 2.24) is 20.2 Å². The number of hydrogen-bond acceptors (Lipinski definition) is 4. The van der Waals surface area contributed by atoms with Crippen LogP contribution in [-0.4, -0.2) is 20.2 Å². The average molecular weight is 417 g/mol. The van der Waals surface area contributed by atoms with Gasteiger partial charge in [-0.05, 0) is 42.5 Å². The summed E-state index contributed by atoms with van der Waals surface area (Å²) in [7, 11) is 0. The van der Waals surface area contributed by atoms with Gasteiger partial charge in [-0.2, -0.15) is 0 Å².